The molecule has 0 spiro atoms. The van der Waals surface area contributed by atoms with Crippen LogP contribution in [0, 0.1) is 23.2 Å². The van der Waals surface area contributed by atoms with Gasteiger partial charge in [-0.15, -0.1) is 0 Å². The van der Waals surface area contributed by atoms with Gasteiger partial charge in [-0.05, 0) is 61.7 Å². The second-order valence-corrected chi connectivity index (χ2v) is 7.74. The first-order valence-corrected chi connectivity index (χ1v) is 8.44. The maximum absolute atomic E-state index is 6.74. The molecule has 1 heterocycles. The third-order valence-corrected chi connectivity index (χ3v) is 6.38. The molecule has 3 nitrogen and oxygen atoms in total. The number of hydrogen-bond acceptors (Lipinski definition) is 2. The predicted octanol–water partition coefficient (Wildman–Crippen LogP) is 2.99. The molecule has 0 aromatic carbocycles. The summed E-state index contributed by atoms with van der Waals surface area (Å²) in [6.45, 7) is 3.14. The highest BCUT2D eigenvalue weighted by molar-refractivity contribution is 5.06. The van der Waals surface area contributed by atoms with Crippen LogP contribution in [-0.2, 0) is 13.0 Å². The zero-order valence-electron chi connectivity index (χ0n) is 12.6. The molecule has 4 saturated carbocycles. The molecule has 1 aromatic heterocycles. The fourth-order valence-corrected chi connectivity index (χ4v) is 5.86. The SMILES string of the molecule is CCc1nccn1CC(N)C12CC3CC(CC(C3)C1)C2. The predicted molar refractivity (Wildman–Crippen MR) is 80.2 cm³/mol. The van der Waals surface area contributed by atoms with E-state index in [0.717, 1.165) is 30.7 Å². The van der Waals surface area contributed by atoms with E-state index in [-0.39, 0.29) is 0 Å². The van der Waals surface area contributed by atoms with Gasteiger partial charge in [-0.1, -0.05) is 6.92 Å². The van der Waals surface area contributed by atoms with E-state index in [4.69, 9.17) is 5.73 Å². The molecule has 110 valence electrons. The van der Waals surface area contributed by atoms with Crippen molar-refractivity contribution < 1.29 is 0 Å². The molecule has 0 saturated heterocycles. The molecule has 4 aliphatic carbocycles. The zero-order valence-corrected chi connectivity index (χ0v) is 12.6. The van der Waals surface area contributed by atoms with Crippen molar-refractivity contribution in [2.75, 3.05) is 0 Å². The molecule has 20 heavy (non-hydrogen) atoms. The Morgan fingerprint density at radius 2 is 1.85 bits per heavy atom. The highest BCUT2D eigenvalue weighted by atomic mass is 15.1. The number of aromatic nitrogens is 2. The summed E-state index contributed by atoms with van der Waals surface area (Å²) in [5.41, 5.74) is 7.19. The molecule has 1 aromatic rings. The van der Waals surface area contributed by atoms with Gasteiger partial charge in [-0.2, -0.15) is 0 Å². The second-order valence-electron chi connectivity index (χ2n) is 7.74. The van der Waals surface area contributed by atoms with Gasteiger partial charge >= 0.3 is 0 Å². The fraction of sp³-hybridized carbons (Fsp3) is 0.824. The zero-order chi connectivity index (χ0) is 13.7. The number of nitrogens with zero attached hydrogens (tertiary/aromatic N) is 2. The Balaban J connectivity index is 1.55. The maximum atomic E-state index is 6.74. The standard InChI is InChI=1S/C17H27N3/c1-2-16-19-3-4-20(16)11-15(18)17-8-12-5-13(9-17)7-14(6-12)10-17/h3-4,12-15H,2,5-11,18H2,1H3. The van der Waals surface area contributed by atoms with Crippen LogP contribution >= 0.6 is 0 Å². The third-order valence-electron chi connectivity index (χ3n) is 6.38. The normalized spacial score (nSPS) is 40.2. The topological polar surface area (TPSA) is 43.8 Å². The molecule has 1 atom stereocenters. The molecule has 4 fully saturated rings. The average molecular weight is 273 g/mol. The van der Waals surface area contributed by atoms with E-state index in [9.17, 15) is 0 Å². The summed E-state index contributed by atoms with van der Waals surface area (Å²) in [4.78, 5) is 4.44. The van der Waals surface area contributed by atoms with Gasteiger partial charge in [-0.25, -0.2) is 4.98 Å². The number of imidazole rings is 1. The van der Waals surface area contributed by atoms with Gasteiger partial charge in [-0.3, -0.25) is 0 Å². The fourth-order valence-electron chi connectivity index (χ4n) is 5.86. The average Bonchev–Trinajstić information content (AvgIpc) is 2.84. The van der Waals surface area contributed by atoms with Crippen molar-refractivity contribution in [1.29, 1.82) is 0 Å². The summed E-state index contributed by atoms with van der Waals surface area (Å²) >= 11 is 0. The van der Waals surface area contributed by atoms with Crippen LogP contribution in [0.5, 0.6) is 0 Å². The third kappa shape index (κ3) is 1.93. The number of rotatable bonds is 4. The number of nitrogens with two attached hydrogens (primary N) is 1. The van der Waals surface area contributed by atoms with Crippen LogP contribution in [0.2, 0.25) is 0 Å². The molecular formula is C17H27N3. The monoisotopic (exact) mass is 273 g/mol. The van der Waals surface area contributed by atoms with E-state index in [1.165, 1.54) is 44.3 Å². The van der Waals surface area contributed by atoms with E-state index in [1.807, 2.05) is 6.20 Å². The Morgan fingerprint density at radius 1 is 1.25 bits per heavy atom. The Morgan fingerprint density at radius 3 is 2.40 bits per heavy atom. The minimum absolute atomic E-state index is 0.315. The van der Waals surface area contributed by atoms with Gasteiger partial charge in [0.05, 0.1) is 0 Å². The van der Waals surface area contributed by atoms with Gasteiger partial charge in [0, 0.05) is 31.4 Å². The van der Waals surface area contributed by atoms with Gasteiger partial charge in [0.15, 0.2) is 0 Å². The van der Waals surface area contributed by atoms with Gasteiger partial charge < -0.3 is 10.3 Å². The molecule has 0 radical (unpaired) electrons. The van der Waals surface area contributed by atoms with Gasteiger partial charge in [0.25, 0.3) is 0 Å². The van der Waals surface area contributed by atoms with E-state index >= 15 is 0 Å². The summed E-state index contributed by atoms with van der Waals surface area (Å²) in [7, 11) is 0. The Hall–Kier alpha value is -0.830. The van der Waals surface area contributed by atoms with E-state index < -0.39 is 0 Å². The molecule has 2 N–H and O–H groups in total. The molecule has 0 amide bonds. The van der Waals surface area contributed by atoms with Crippen molar-refractivity contribution in [1.82, 2.24) is 9.55 Å². The smallest absolute Gasteiger partial charge is 0.108 e. The summed E-state index contributed by atoms with van der Waals surface area (Å²) in [6.07, 6.45) is 13.7. The van der Waals surface area contributed by atoms with E-state index in [1.54, 1.807) is 0 Å². The lowest BCUT2D eigenvalue weighted by atomic mass is 9.48. The molecule has 4 aliphatic rings. The first-order chi connectivity index (χ1) is 9.68. The van der Waals surface area contributed by atoms with Crippen molar-refractivity contribution in [2.24, 2.45) is 28.9 Å². The molecule has 5 rings (SSSR count). The Bertz CT molecular complexity index is 455. The van der Waals surface area contributed by atoms with Crippen LogP contribution in [0.15, 0.2) is 12.4 Å². The van der Waals surface area contributed by atoms with Crippen LogP contribution in [0.25, 0.3) is 0 Å². The van der Waals surface area contributed by atoms with Crippen LogP contribution in [0.4, 0.5) is 0 Å². The molecule has 1 unspecified atom stereocenters. The van der Waals surface area contributed by atoms with E-state index in [2.05, 4.69) is 22.7 Å². The first-order valence-electron chi connectivity index (χ1n) is 8.44. The first kappa shape index (κ1) is 12.9. The Labute approximate surface area is 122 Å². The van der Waals surface area contributed by atoms with Crippen molar-refractivity contribution in [3.05, 3.63) is 18.2 Å². The van der Waals surface area contributed by atoms with Crippen LogP contribution in [0.1, 0.15) is 51.3 Å². The number of aryl methyl sites for hydroxylation is 1. The number of hydrogen-bond donors (Lipinski definition) is 1. The summed E-state index contributed by atoms with van der Waals surface area (Å²) in [5, 5.41) is 0. The van der Waals surface area contributed by atoms with Crippen molar-refractivity contribution in [3.63, 3.8) is 0 Å². The second kappa shape index (κ2) is 4.59. The highest BCUT2D eigenvalue weighted by Crippen LogP contribution is 2.61. The quantitative estimate of drug-likeness (QED) is 0.916. The maximum Gasteiger partial charge on any atom is 0.108 e. The highest BCUT2D eigenvalue weighted by Gasteiger charge is 2.53. The minimum atomic E-state index is 0.315. The summed E-state index contributed by atoms with van der Waals surface area (Å²) in [5.74, 6) is 4.15. The van der Waals surface area contributed by atoms with Gasteiger partial charge in [0.1, 0.15) is 5.82 Å². The lowest BCUT2D eigenvalue weighted by Gasteiger charge is -2.59. The van der Waals surface area contributed by atoms with E-state index in [0.29, 0.717) is 11.5 Å². The molecule has 3 heteroatoms. The lowest BCUT2D eigenvalue weighted by Crippen LogP contribution is -2.55. The lowest BCUT2D eigenvalue weighted by molar-refractivity contribution is -0.0695. The summed E-state index contributed by atoms with van der Waals surface area (Å²) in [6, 6.07) is 0.315. The van der Waals surface area contributed by atoms with Crippen molar-refractivity contribution in [3.8, 4) is 0 Å². The molecular weight excluding hydrogens is 246 g/mol. The molecule has 4 bridgehead atoms. The minimum Gasteiger partial charge on any atom is -0.333 e. The van der Waals surface area contributed by atoms with Crippen LogP contribution in [0.3, 0.4) is 0 Å². The summed E-state index contributed by atoms with van der Waals surface area (Å²) < 4.78 is 2.29. The largest absolute Gasteiger partial charge is 0.333 e. The van der Waals surface area contributed by atoms with Crippen LogP contribution < -0.4 is 5.73 Å². The molecule has 0 aliphatic heterocycles. The van der Waals surface area contributed by atoms with Crippen LogP contribution in [-0.4, -0.2) is 15.6 Å². The van der Waals surface area contributed by atoms with Gasteiger partial charge in [0.2, 0.25) is 0 Å². The van der Waals surface area contributed by atoms with Crippen molar-refractivity contribution in [2.45, 2.75) is 64.5 Å². The Kier molecular flexibility index (Phi) is 2.95. The van der Waals surface area contributed by atoms with Crippen molar-refractivity contribution >= 4 is 0 Å².